The molecule has 2 amide bonds. The van der Waals surface area contributed by atoms with Gasteiger partial charge in [-0.15, -0.1) is 0 Å². The Hall–Kier alpha value is -3.47. The van der Waals surface area contributed by atoms with Crippen molar-refractivity contribution in [3.63, 3.8) is 0 Å². The zero-order chi connectivity index (χ0) is 25.4. The molecule has 5 N–H and O–H groups in total. The van der Waals surface area contributed by atoms with Crippen molar-refractivity contribution in [3.8, 4) is 11.8 Å². The molecule has 0 spiro atoms. The van der Waals surface area contributed by atoms with Crippen LogP contribution in [-0.2, 0) is 14.3 Å². The SMILES string of the molecule is COC(=O)N(CC#Cc1nc(N)c2ncn([C@@H]3O[C@H](C(=O)NC4CC4)C(O)[C@@H]3O)c2n1)C1CCCC1. The number of anilines is 1. The van der Waals surface area contributed by atoms with Crippen LogP contribution in [0.5, 0.6) is 0 Å². The summed E-state index contributed by atoms with van der Waals surface area (Å²) in [5.74, 6) is 5.44. The second-order valence-corrected chi connectivity index (χ2v) is 9.31. The molecule has 3 fully saturated rings. The lowest BCUT2D eigenvalue weighted by Gasteiger charge is -2.25. The second kappa shape index (κ2) is 9.88. The molecule has 13 heteroatoms. The Bertz CT molecular complexity index is 1210. The van der Waals surface area contributed by atoms with Crippen molar-refractivity contribution in [1.82, 2.24) is 29.7 Å². The van der Waals surface area contributed by atoms with Crippen LogP contribution >= 0.6 is 0 Å². The maximum Gasteiger partial charge on any atom is 0.410 e. The van der Waals surface area contributed by atoms with Crippen LogP contribution in [0.3, 0.4) is 0 Å². The van der Waals surface area contributed by atoms with Crippen LogP contribution in [0.1, 0.15) is 50.6 Å². The molecule has 0 bridgehead atoms. The van der Waals surface area contributed by atoms with Crippen LogP contribution in [-0.4, -0.2) is 90.7 Å². The Balaban J connectivity index is 1.37. The molecule has 2 aromatic rings. The fourth-order valence-electron chi connectivity index (χ4n) is 4.68. The molecule has 1 saturated heterocycles. The van der Waals surface area contributed by atoms with Gasteiger partial charge in [0.2, 0.25) is 5.82 Å². The van der Waals surface area contributed by atoms with E-state index in [4.69, 9.17) is 15.2 Å². The Morgan fingerprint density at radius 2 is 2.00 bits per heavy atom. The fraction of sp³-hybridized carbons (Fsp3) is 0.609. The molecule has 36 heavy (non-hydrogen) atoms. The van der Waals surface area contributed by atoms with Crippen molar-refractivity contribution in [2.75, 3.05) is 19.4 Å². The number of hydrogen-bond acceptors (Lipinski definition) is 10. The van der Waals surface area contributed by atoms with E-state index < -0.39 is 36.5 Å². The molecule has 1 unspecified atom stereocenters. The summed E-state index contributed by atoms with van der Waals surface area (Å²) in [6.07, 6.45) is 1.42. The summed E-state index contributed by atoms with van der Waals surface area (Å²) < 4.78 is 12.0. The first kappa shape index (κ1) is 24.2. The zero-order valence-corrected chi connectivity index (χ0v) is 19.8. The summed E-state index contributed by atoms with van der Waals surface area (Å²) in [6, 6.07) is 0.162. The van der Waals surface area contributed by atoms with Crippen LogP contribution in [0.4, 0.5) is 10.6 Å². The molecule has 0 aromatic carbocycles. The molecule has 2 saturated carbocycles. The molecule has 0 radical (unpaired) electrons. The van der Waals surface area contributed by atoms with Gasteiger partial charge in [-0.25, -0.2) is 19.7 Å². The number of amides is 2. The quantitative estimate of drug-likeness (QED) is 0.398. The van der Waals surface area contributed by atoms with Crippen molar-refractivity contribution < 1.29 is 29.3 Å². The minimum atomic E-state index is -1.43. The number of hydrogen-bond donors (Lipinski definition) is 4. The van der Waals surface area contributed by atoms with Crippen LogP contribution in [0, 0.1) is 11.8 Å². The van der Waals surface area contributed by atoms with E-state index in [1.165, 1.54) is 18.0 Å². The van der Waals surface area contributed by atoms with E-state index >= 15 is 0 Å². The molecular weight excluding hydrogens is 470 g/mol. The van der Waals surface area contributed by atoms with Crippen LogP contribution < -0.4 is 11.1 Å². The summed E-state index contributed by atoms with van der Waals surface area (Å²) >= 11 is 0. The van der Waals surface area contributed by atoms with E-state index in [1.807, 2.05) is 0 Å². The molecule has 3 aliphatic rings. The monoisotopic (exact) mass is 499 g/mol. The number of imidazole rings is 1. The zero-order valence-electron chi connectivity index (χ0n) is 19.8. The molecule has 2 aromatic heterocycles. The normalized spacial score (nSPS) is 26.0. The van der Waals surface area contributed by atoms with E-state index in [2.05, 4.69) is 32.1 Å². The van der Waals surface area contributed by atoms with E-state index in [0.29, 0.717) is 0 Å². The number of nitrogen functional groups attached to an aromatic ring is 1. The van der Waals surface area contributed by atoms with Gasteiger partial charge < -0.3 is 30.7 Å². The minimum absolute atomic E-state index is 0.0692. The van der Waals surface area contributed by atoms with Gasteiger partial charge in [0.1, 0.15) is 17.7 Å². The average Bonchev–Trinajstić information content (AvgIpc) is 3.22. The highest BCUT2D eigenvalue weighted by Crippen LogP contribution is 2.33. The van der Waals surface area contributed by atoms with E-state index in [9.17, 15) is 19.8 Å². The van der Waals surface area contributed by atoms with Gasteiger partial charge in [0.15, 0.2) is 23.8 Å². The molecule has 2 aliphatic carbocycles. The third-order valence-electron chi connectivity index (χ3n) is 6.77. The van der Waals surface area contributed by atoms with E-state index in [1.54, 1.807) is 4.90 Å². The van der Waals surface area contributed by atoms with E-state index in [0.717, 1.165) is 38.5 Å². The van der Waals surface area contributed by atoms with Gasteiger partial charge in [-0.1, -0.05) is 18.8 Å². The van der Waals surface area contributed by atoms with Crippen molar-refractivity contribution in [1.29, 1.82) is 0 Å². The topological polar surface area (TPSA) is 178 Å². The number of fused-ring (bicyclic) bond motifs is 1. The summed E-state index contributed by atoms with van der Waals surface area (Å²) in [4.78, 5) is 39.1. The maximum atomic E-state index is 12.4. The Morgan fingerprint density at radius 1 is 1.25 bits per heavy atom. The number of aliphatic hydroxyl groups excluding tert-OH is 2. The fourth-order valence-corrected chi connectivity index (χ4v) is 4.68. The largest absolute Gasteiger partial charge is 0.453 e. The van der Waals surface area contributed by atoms with Crippen LogP contribution in [0.15, 0.2) is 6.33 Å². The van der Waals surface area contributed by atoms with Gasteiger partial charge in [-0.3, -0.25) is 14.3 Å². The van der Waals surface area contributed by atoms with Crippen molar-refractivity contribution in [3.05, 3.63) is 12.2 Å². The smallest absolute Gasteiger partial charge is 0.410 e. The Labute approximate surface area is 207 Å². The number of rotatable bonds is 5. The van der Waals surface area contributed by atoms with Crippen molar-refractivity contribution in [2.45, 2.75) is 75.1 Å². The van der Waals surface area contributed by atoms with Crippen LogP contribution in [0.25, 0.3) is 11.2 Å². The van der Waals surface area contributed by atoms with Crippen LogP contribution in [0.2, 0.25) is 0 Å². The summed E-state index contributed by atoms with van der Waals surface area (Å²) in [6.45, 7) is 0.145. The molecule has 4 atom stereocenters. The number of carbonyl (C=O) groups excluding carboxylic acids is 2. The lowest BCUT2D eigenvalue weighted by molar-refractivity contribution is -0.137. The molecule has 192 valence electrons. The standard InChI is InChI=1S/C23H29N7O6/c1-35-23(34)29(13-5-2-3-6-13)10-4-7-14-27-19(24)15-20(28-14)30(11-25-15)22-17(32)16(31)18(36-22)21(33)26-12-8-9-12/h11-13,16-18,22,31-32H,2-3,5-6,8-10H2,1H3,(H,26,33)(H2,24,27,28)/t16?,17-,18-,22+/m0/s1. The van der Waals surface area contributed by atoms with Gasteiger partial charge >= 0.3 is 6.09 Å². The predicted molar refractivity (Wildman–Crippen MR) is 125 cm³/mol. The Kier molecular flexibility index (Phi) is 6.65. The molecule has 3 heterocycles. The first-order valence-electron chi connectivity index (χ1n) is 12.0. The van der Waals surface area contributed by atoms with Gasteiger partial charge in [0, 0.05) is 12.1 Å². The minimum Gasteiger partial charge on any atom is -0.453 e. The summed E-state index contributed by atoms with van der Waals surface area (Å²) in [5, 5.41) is 23.8. The van der Waals surface area contributed by atoms with Gasteiger partial charge in [-0.05, 0) is 31.6 Å². The first-order valence-corrected chi connectivity index (χ1v) is 12.0. The highest BCUT2D eigenvalue weighted by atomic mass is 16.6. The third kappa shape index (κ3) is 4.67. The van der Waals surface area contributed by atoms with Crippen molar-refractivity contribution in [2.24, 2.45) is 0 Å². The lowest BCUT2D eigenvalue weighted by Crippen LogP contribution is -2.43. The third-order valence-corrected chi connectivity index (χ3v) is 6.77. The van der Waals surface area contributed by atoms with Gasteiger partial charge in [0.05, 0.1) is 20.0 Å². The molecular formula is C23H29N7O6. The summed E-state index contributed by atoms with van der Waals surface area (Å²) in [7, 11) is 1.34. The molecule has 5 rings (SSSR count). The summed E-state index contributed by atoms with van der Waals surface area (Å²) in [5.41, 5.74) is 6.56. The number of ether oxygens (including phenoxy) is 2. The number of aliphatic hydroxyl groups is 2. The first-order chi connectivity index (χ1) is 17.4. The number of nitrogens with zero attached hydrogens (tertiary/aromatic N) is 5. The predicted octanol–water partition coefficient (Wildman–Crippen LogP) is -0.331. The maximum absolute atomic E-state index is 12.4. The number of aromatic nitrogens is 4. The van der Waals surface area contributed by atoms with E-state index in [-0.39, 0.29) is 41.4 Å². The number of nitrogens with two attached hydrogens (primary N) is 1. The number of nitrogens with one attached hydrogen (secondary N) is 1. The second-order valence-electron chi connectivity index (χ2n) is 9.31. The molecule has 13 nitrogen and oxygen atoms in total. The molecule has 1 aliphatic heterocycles. The number of carbonyl (C=O) groups is 2. The Morgan fingerprint density at radius 3 is 2.69 bits per heavy atom. The van der Waals surface area contributed by atoms with Gasteiger partial charge in [0.25, 0.3) is 5.91 Å². The average molecular weight is 500 g/mol. The van der Waals surface area contributed by atoms with Crippen molar-refractivity contribution >= 4 is 29.0 Å². The van der Waals surface area contributed by atoms with Gasteiger partial charge in [-0.2, -0.15) is 0 Å². The number of methoxy groups -OCH3 is 1. The highest BCUT2D eigenvalue weighted by Gasteiger charge is 2.48. The lowest BCUT2D eigenvalue weighted by atomic mass is 10.1. The highest BCUT2D eigenvalue weighted by molar-refractivity contribution is 5.83.